The Kier molecular flexibility index (Phi) is 2.74. The SMILES string of the molecule is CC(C)[C@@H](O)c1cccc2ccccc12. The molecule has 0 radical (unpaired) electrons. The van der Waals surface area contributed by atoms with Crippen molar-refractivity contribution in [3.8, 4) is 0 Å². The van der Waals surface area contributed by atoms with Crippen LogP contribution in [0.5, 0.6) is 0 Å². The molecule has 0 saturated carbocycles. The lowest BCUT2D eigenvalue weighted by atomic mass is 9.94. The van der Waals surface area contributed by atoms with E-state index in [-0.39, 0.29) is 12.0 Å². The Bertz CT molecular complexity index is 454. The minimum atomic E-state index is -0.379. The molecule has 0 saturated heterocycles. The third kappa shape index (κ3) is 1.88. The molecule has 0 fully saturated rings. The summed E-state index contributed by atoms with van der Waals surface area (Å²) in [4.78, 5) is 0. The van der Waals surface area contributed by atoms with Crippen LogP contribution in [-0.2, 0) is 0 Å². The van der Waals surface area contributed by atoms with E-state index in [0.29, 0.717) is 0 Å². The van der Waals surface area contributed by atoms with Crippen LogP contribution in [0.3, 0.4) is 0 Å². The maximum atomic E-state index is 10.1. The Balaban J connectivity index is 2.60. The molecule has 2 aromatic carbocycles. The van der Waals surface area contributed by atoms with Crippen molar-refractivity contribution < 1.29 is 5.11 Å². The first kappa shape index (κ1) is 10.2. The lowest BCUT2D eigenvalue weighted by Gasteiger charge is -2.16. The monoisotopic (exact) mass is 200 g/mol. The van der Waals surface area contributed by atoms with Crippen molar-refractivity contribution in [1.82, 2.24) is 0 Å². The van der Waals surface area contributed by atoms with Gasteiger partial charge in [-0.05, 0) is 22.3 Å². The van der Waals surface area contributed by atoms with E-state index in [0.717, 1.165) is 10.9 Å². The van der Waals surface area contributed by atoms with Crippen LogP contribution in [0.2, 0.25) is 0 Å². The fourth-order valence-corrected chi connectivity index (χ4v) is 1.87. The minimum absolute atomic E-state index is 0.246. The highest BCUT2D eigenvalue weighted by molar-refractivity contribution is 5.85. The minimum Gasteiger partial charge on any atom is -0.388 e. The van der Waals surface area contributed by atoms with Crippen molar-refractivity contribution in [2.75, 3.05) is 0 Å². The van der Waals surface area contributed by atoms with Gasteiger partial charge in [0, 0.05) is 0 Å². The molecule has 15 heavy (non-hydrogen) atoms. The maximum absolute atomic E-state index is 10.1. The van der Waals surface area contributed by atoms with Crippen molar-refractivity contribution in [3.63, 3.8) is 0 Å². The van der Waals surface area contributed by atoms with E-state index in [2.05, 4.69) is 18.2 Å². The Morgan fingerprint density at radius 2 is 1.60 bits per heavy atom. The van der Waals surface area contributed by atoms with Crippen LogP contribution in [0.1, 0.15) is 25.5 Å². The van der Waals surface area contributed by atoms with Crippen LogP contribution in [0.4, 0.5) is 0 Å². The van der Waals surface area contributed by atoms with Crippen LogP contribution in [0, 0.1) is 5.92 Å². The van der Waals surface area contributed by atoms with Crippen LogP contribution in [0.15, 0.2) is 42.5 Å². The molecule has 0 aliphatic carbocycles. The lowest BCUT2D eigenvalue weighted by molar-refractivity contribution is 0.128. The van der Waals surface area contributed by atoms with Crippen molar-refractivity contribution in [1.29, 1.82) is 0 Å². The average Bonchev–Trinajstić information content (AvgIpc) is 2.27. The number of rotatable bonds is 2. The predicted octanol–water partition coefficient (Wildman–Crippen LogP) is 3.53. The van der Waals surface area contributed by atoms with Gasteiger partial charge in [0.2, 0.25) is 0 Å². The van der Waals surface area contributed by atoms with E-state index in [9.17, 15) is 5.11 Å². The van der Waals surface area contributed by atoms with Crippen molar-refractivity contribution >= 4 is 10.8 Å². The van der Waals surface area contributed by atoms with Gasteiger partial charge in [-0.3, -0.25) is 0 Å². The highest BCUT2D eigenvalue weighted by atomic mass is 16.3. The zero-order valence-corrected chi connectivity index (χ0v) is 9.14. The first-order chi connectivity index (χ1) is 7.20. The van der Waals surface area contributed by atoms with Crippen molar-refractivity contribution in [3.05, 3.63) is 48.0 Å². The smallest absolute Gasteiger partial charge is 0.0818 e. The largest absolute Gasteiger partial charge is 0.388 e. The summed E-state index contributed by atoms with van der Waals surface area (Å²) in [5.74, 6) is 0.246. The van der Waals surface area contributed by atoms with E-state index < -0.39 is 0 Å². The average molecular weight is 200 g/mol. The third-order valence-corrected chi connectivity index (χ3v) is 2.77. The quantitative estimate of drug-likeness (QED) is 0.786. The number of aliphatic hydroxyl groups excluding tert-OH is 1. The predicted molar refractivity (Wildman–Crippen MR) is 63.7 cm³/mol. The molecule has 78 valence electrons. The normalized spacial score (nSPS) is 13.3. The molecule has 2 aromatic rings. The molecule has 2 rings (SSSR count). The van der Waals surface area contributed by atoms with E-state index in [1.165, 1.54) is 5.39 Å². The Labute approximate surface area is 90.4 Å². The van der Waals surface area contributed by atoms with Crippen molar-refractivity contribution in [2.45, 2.75) is 20.0 Å². The topological polar surface area (TPSA) is 20.2 Å². The van der Waals surface area contributed by atoms with Gasteiger partial charge in [0.1, 0.15) is 0 Å². The van der Waals surface area contributed by atoms with Crippen LogP contribution in [-0.4, -0.2) is 5.11 Å². The second kappa shape index (κ2) is 4.03. The molecule has 1 heteroatoms. The van der Waals surface area contributed by atoms with Gasteiger partial charge in [0.25, 0.3) is 0 Å². The summed E-state index contributed by atoms with van der Waals surface area (Å²) in [7, 11) is 0. The Morgan fingerprint density at radius 3 is 2.33 bits per heavy atom. The summed E-state index contributed by atoms with van der Waals surface area (Å²) in [5, 5.41) is 12.4. The summed E-state index contributed by atoms with van der Waals surface area (Å²) in [6.45, 7) is 4.07. The number of benzene rings is 2. The molecule has 1 N–H and O–H groups in total. The first-order valence-corrected chi connectivity index (χ1v) is 5.36. The van der Waals surface area contributed by atoms with Gasteiger partial charge in [0.05, 0.1) is 6.10 Å². The number of fused-ring (bicyclic) bond motifs is 1. The third-order valence-electron chi connectivity index (χ3n) is 2.77. The first-order valence-electron chi connectivity index (χ1n) is 5.36. The van der Waals surface area contributed by atoms with E-state index in [4.69, 9.17) is 0 Å². The van der Waals surface area contributed by atoms with Crippen LogP contribution in [0.25, 0.3) is 10.8 Å². The molecule has 1 atom stereocenters. The number of hydrogen-bond acceptors (Lipinski definition) is 1. The summed E-state index contributed by atoms with van der Waals surface area (Å²) in [6, 6.07) is 14.3. The van der Waals surface area contributed by atoms with Gasteiger partial charge in [-0.25, -0.2) is 0 Å². The van der Waals surface area contributed by atoms with E-state index >= 15 is 0 Å². The summed E-state index contributed by atoms with van der Waals surface area (Å²) in [5.41, 5.74) is 1.03. The zero-order valence-electron chi connectivity index (χ0n) is 9.14. The molecule has 0 aromatic heterocycles. The molecule has 1 nitrogen and oxygen atoms in total. The molecule has 0 unspecified atom stereocenters. The van der Waals surface area contributed by atoms with Crippen LogP contribution < -0.4 is 0 Å². The highest BCUT2D eigenvalue weighted by Crippen LogP contribution is 2.28. The summed E-state index contributed by atoms with van der Waals surface area (Å²) < 4.78 is 0. The molecule has 0 aliphatic heterocycles. The summed E-state index contributed by atoms with van der Waals surface area (Å²) >= 11 is 0. The second-order valence-corrected chi connectivity index (χ2v) is 4.26. The molecule has 0 bridgehead atoms. The van der Waals surface area contributed by atoms with Crippen LogP contribution >= 0.6 is 0 Å². The van der Waals surface area contributed by atoms with Gasteiger partial charge >= 0.3 is 0 Å². The van der Waals surface area contributed by atoms with Gasteiger partial charge in [-0.1, -0.05) is 56.3 Å². The second-order valence-electron chi connectivity index (χ2n) is 4.26. The molecule has 0 spiro atoms. The summed E-state index contributed by atoms with van der Waals surface area (Å²) in [6.07, 6.45) is -0.379. The van der Waals surface area contributed by atoms with E-state index in [1.54, 1.807) is 0 Å². The van der Waals surface area contributed by atoms with Gasteiger partial charge < -0.3 is 5.11 Å². The molecule has 0 aliphatic rings. The van der Waals surface area contributed by atoms with Gasteiger partial charge in [0.15, 0.2) is 0 Å². The maximum Gasteiger partial charge on any atom is 0.0818 e. The van der Waals surface area contributed by atoms with E-state index in [1.807, 2.05) is 38.1 Å². The molecular formula is C14H16O. The standard InChI is InChI=1S/C14H16O/c1-10(2)14(15)13-9-5-7-11-6-3-4-8-12(11)13/h3-10,14-15H,1-2H3/t14-/m1/s1. The number of aliphatic hydroxyl groups is 1. The fourth-order valence-electron chi connectivity index (χ4n) is 1.87. The zero-order chi connectivity index (χ0) is 10.8. The highest BCUT2D eigenvalue weighted by Gasteiger charge is 2.13. The van der Waals surface area contributed by atoms with Gasteiger partial charge in [-0.2, -0.15) is 0 Å². The Hall–Kier alpha value is -1.34. The molecule has 0 heterocycles. The Morgan fingerprint density at radius 1 is 0.933 bits per heavy atom. The molecule has 0 amide bonds. The number of hydrogen-bond donors (Lipinski definition) is 1. The van der Waals surface area contributed by atoms with Gasteiger partial charge in [-0.15, -0.1) is 0 Å². The lowest BCUT2D eigenvalue weighted by Crippen LogP contribution is -2.05. The van der Waals surface area contributed by atoms with Crippen molar-refractivity contribution in [2.24, 2.45) is 5.92 Å². The fraction of sp³-hybridized carbons (Fsp3) is 0.286. The molecular weight excluding hydrogens is 184 g/mol.